The van der Waals surface area contributed by atoms with Crippen LogP contribution in [0.2, 0.25) is 0 Å². The average Bonchev–Trinajstić information content (AvgIpc) is 2.88. The summed E-state index contributed by atoms with van der Waals surface area (Å²) in [7, 11) is -0.109. The van der Waals surface area contributed by atoms with Crippen LogP contribution in [0.4, 0.5) is 28.9 Å². The van der Waals surface area contributed by atoms with Gasteiger partial charge in [-0.25, -0.2) is 17.7 Å². The Kier molecular flexibility index (Phi) is 7.55. The first-order valence-corrected chi connectivity index (χ1v) is 14.3. The zero-order valence-electron chi connectivity index (χ0n) is 20.9. The fourth-order valence-electron chi connectivity index (χ4n) is 4.93. The van der Waals surface area contributed by atoms with Crippen LogP contribution in [0.25, 0.3) is 0 Å². The summed E-state index contributed by atoms with van der Waals surface area (Å²) >= 11 is 1.45. The van der Waals surface area contributed by atoms with Crippen LogP contribution >= 0.6 is 11.8 Å². The van der Waals surface area contributed by atoms with E-state index in [1.807, 2.05) is 41.1 Å². The Morgan fingerprint density at radius 3 is 2.44 bits per heavy atom. The van der Waals surface area contributed by atoms with E-state index in [1.165, 1.54) is 43.1 Å². The van der Waals surface area contributed by atoms with Crippen molar-refractivity contribution in [3.63, 3.8) is 0 Å². The molecule has 2 aliphatic heterocycles. The minimum absolute atomic E-state index is 0.150. The predicted octanol–water partition coefficient (Wildman–Crippen LogP) is 5.03. The monoisotopic (exact) mass is 582 g/mol. The number of hydrogen-bond donors (Lipinski definition) is 2. The lowest BCUT2D eigenvalue weighted by Crippen LogP contribution is -2.64. The first kappa shape index (κ1) is 27.7. The zero-order chi connectivity index (χ0) is 27.9. The lowest BCUT2D eigenvalue weighted by molar-refractivity contribution is -0.274. The summed E-state index contributed by atoms with van der Waals surface area (Å²) in [6.07, 6.45) is -5.89. The van der Waals surface area contributed by atoms with E-state index in [9.17, 15) is 26.9 Å². The van der Waals surface area contributed by atoms with Crippen LogP contribution in [0, 0.1) is 5.82 Å². The maximum absolute atomic E-state index is 14.1. The SMILES string of the molecule is CN=S(=O)(NC1CN(C)CC(N2c3ccccc3Sc3cc(F)ccc32)C1O)c1ccc(OC(F)(F)F)cc1. The molecule has 0 aromatic heterocycles. The van der Waals surface area contributed by atoms with Crippen molar-refractivity contribution in [1.82, 2.24) is 9.62 Å². The molecule has 7 nitrogen and oxygen atoms in total. The normalized spacial score (nSPS) is 22.9. The maximum atomic E-state index is 14.1. The lowest BCUT2D eigenvalue weighted by Gasteiger charge is -2.47. The van der Waals surface area contributed by atoms with Crippen molar-refractivity contribution in [2.24, 2.45) is 4.36 Å². The van der Waals surface area contributed by atoms with E-state index < -0.39 is 40.2 Å². The number of nitrogens with zero attached hydrogens (tertiary/aromatic N) is 3. The van der Waals surface area contributed by atoms with Crippen LogP contribution in [0.15, 0.2) is 85.8 Å². The van der Waals surface area contributed by atoms with Gasteiger partial charge in [0.25, 0.3) is 0 Å². The van der Waals surface area contributed by atoms with Crippen molar-refractivity contribution in [2.75, 3.05) is 32.1 Å². The molecule has 39 heavy (non-hydrogen) atoms. The Balaban J connectivity index is 1.46. The second-order valence-electron chi connectivity index (χ2n) is 9.28. The smallest absolute Gasteiger partial charge is 0.406 e. The Morgan fingerprint density at radius 1 is 1.05 bits per heavy atom. The standard InChI is InChI=1S/C26H26F4N4O3S2/c1-31-39(36,18-10-8-17(9-11-18)37-26(28,29)30)32-19-14-33(2)15-22(25(19)35)34-20-5-3-4-6-23(20)38-24-13-16(27)7-12-21(24)34/h3-13,19,22,25,35H,14-15H2,1-2H3,(H,31,32,36). The molecule has 1 fully saturated rings. The molecule has 3 aromatic carbocycles. The molecule has 0 saturated carbocycles. The summed E-state index contributed by atoms with van der Waals surface area (Å²) in [4.78, 5) is 5.75. The molecule has 2 aliphatic rings. The van der Waals surface area contributed by atoms with E-state index in [4.69, 9.17) is 0 Å². The third-order valence-corrected chi connectivity index (χ3v) is 9.78. The van der Waals surface area contributed by atoms with Crippen molar-refractivity contribution < 1.29 is 31.6 Å². The van der Waals surface area contributed by atoms with Gasteiger partial charge in [0.05, 0.1) is 34.5 Å². The van der Waals surface area contributed by atoms with Crippen molar-refractivity contribution in [3.05, 3.63) is 72.5 Å². The average molecular weight is 583 g/mol. The summed E-state index contributed by atoms with van der Waals surface area (Å²) in [5.41, 5.74) is 1.61. The van der Waals surface area contributed by atoms with E-state index in [0.717, 1.165) is 28.4 Å². The molecule has 0 spiro atoms. The Hall–Kier alpha value is -2.84. The molecule has 208 valence electrons. The summed E-state index contributed by atoms with van der Waals surface area (Å²) in [6, 6.07) is 15.6. The van der Waals surface area contributed by atoms with Crippen LogP contribution in [0.5, 0.6) is 5.75 Å². The molecular formula is C26H26F4N4O3S2. The molecule has 2 heterocycles. The van der Waals surface area contributed by atoms with E-state index in [0.29, 0.717) is 18.0 Å². The van der Waals surface area contributed by atoms with Gasteiger partial charge in [0, 0.05) is 29.9 Å². The number of ether oxygens (including phenoxy) is 1. The van der Waals surface area contributed by atoms with E-state index in [-0.39, 0.29) is 10.7 Å². The minimum atomic E-state index is -4.85. The number of likely N-dealkylation sites (N-methyl/N-ethyl adjacent to an activating group) is 1. The number of aliphatic hydroxyl groups is 1. The van der Waals surface area contributed by atoms with Gasteiger partial charge in [-0.2, -0.15) is 0 Å². The fourth-order valence-corrected chi connectivity index (χ4v) is 7.61. The number of aliphatic hydroxyl groups excluding tert-OH is 1. The maximum Gasteiger partial charge on any atom is 0.573 e. The Morgan fingerprint density at radius 2 is 1.74 bits per heavy atom. The fraction of sp³-hybridized carbons (Fsp3) is 0.308. The van der Waals surface area contributed by atoms with Gasteiger partial charge in [-0.3, -0.25) is 0 Å². The number of anilines is 2. The number of halogens is 4. The highest BCUT2D eigenvalue weighted by atomic mass is 32.2. The Labute approximate surface area is 228 Å². The summed E-state index contributed by atoms with van der Waals surface area (Å²) in [6.45, 7) is 0.795. The second-order valence-corrected chi connectivity index (χ2v) is 12.5. The number of fused-ring (bicyclic) bond motifs is 2. The molecule has 1 saturated heterocycles. The molecule has 5 rings (SSSR count). The van der Waals surface area contributed by atoms with Crippen molar-refractivity contribution >= 4 is 33.1 Å². The van der Waals surface area contributed by atoms with E-state index in [1.54, 1.807) is 6.07 Å². The first-order chi connectivity index (χ1) is 18.5. The summed E-state index contributed by atoms with van der Waals surface area (Å²) in [5, 5.41) is 11.7. The van der Waals surface area contributed by atoms with Gasteiger partial charge < -0.3 is 19.6 Å². The summed E-state index contributed by atoms with van der Waals surface area (Å²) < 4.78 is 76.6. The van der Waals surface area contributed by atoms with Crippen LogP contribution in [0.3, 0.4) is 0 Å². The van der Waals surface area contributed by atoms with Crippen LogP contribution < -0.4 is 14.4 Å². The minimum Gasteiger partial charge on any atom is -0.406 e. The molecule has 3 aromatic rings. The van der Waals surface area contributed by atoms with Gasteiger partial charge in [-0.05, 0) is 61.6 Å². The van der Waals surface area contributed by atoms with E-state index in [2.05, 4.69) is 13.8 Å². The first-order valence-electron chi connectivity index (χ1n) is 12.0. The molecule has 4 atom stereocenters. The lowest BCUT2D eigenvalue weighted by atomic mass is 9.95. The second kappa shape index (κ2) is 10.6. The Bertz CT molecular complexity index is 1480. The molecular weight excluding hydrogens is 556 g/mol. The molecule has 0 bridgehead atoms. The largest absolute Gasteiger partial charge is 0.573 e. The van der Waals surface area contributed by atoms with Gasteiger partial charge in [0.15, 0.2) is 0 Å². The predicted molar refractivity (Wildman–Crippen MR) is 141 cm³/mol. The van der Waals surface area contributed by atoms with Gasteiger partial charge in [0.1, 0.15) is 21.5 Å². The highest BCUT2D eigenvalue weighted by Gasteiger charge is 2.42. The molecule has 2 N–H and O–H groups in total. The molecule has 0 aliphatic carbocycles. The van der Waals surface area contributed by atoms with Gasteiger partial charge in [-0.15, -0.1) is 13.2 Å². The van der Waals surface area contributed by atoms with Crippen LogP contribution in [-0.2, 0) is 9.92 Å². The highest BCUT2D eigenvalue weighted by molar-refractivity contribution is 7.99. The molecule has 13 heteroatoms. The number of para-hydroxylation sites is 1. The highest BCUT2D eigenvalue weighted by Crippen LogP contribution is 2.49. The van der Waals surface area contributed by atoms with Crippen molar-refractivity contribution in [1.29, 1.82) is 0 Å². The van der Waals surface area contributed by atoms with Crippen molar-refractivity contribution in [2.45, 2.75) is 39.2 Å². The topological polar surface area (TPSA) is 77.4 Å². The van der Waals surface area contributed by atoms with Gasteiger partial charge in [-0.1, -0.05) is 23.9 Å². The van der Waals surface area contributed by atoms with Crippen LogP contribution in [-0.4, -0.2) is 66.0 Å². The van der Waals surface area contributed by atoms with E-state index >= 15 is 0 Å². The quantitative estimate of drug-likeness (QED) is 0.411. The summed E-state index contributed by atoms with van der Waals surface area (Å²) in [5.74, 6) is -0.810. The van der Waals surface area contributed by atoms with Crippen molar-refractivity contribution in [3.8, 4) is 5.75 Å². The number of nitrogens with one attached hydrogen (secondary N) is 1. The molecule has 0 radical (unpaired) electrons. The zero-order valence-corrected chi connectivity index (χ0v) is 22.6. The van der Waals surface area contributed by atoms with Crippen LogP contribution in [0.1, 0.15) is 0 Å². The number of benzene rings is 3. The number of hydrogen-bond acceptors (Lipinski definition) is 7. The number of likely N-dealkylation sites (tertiary alicyclic amines) is 1. The molecule has 0 amide bonds. The molecule has 4 unspecified atom stereocenters. The third kappa shape index (κ3) is 5.73. The number of rotatable bonds is 5. The van der Waals surface area contributed by atoms with Gasteiger partial charge in [0.2, 0.25) is 0 Å². The van der Waals surface area contributed by atoms with Gasteiger partial charge >= 0.3 is 6.36 Å². The number of alkyl halides is 3. The number of piperidine rings is 1. The third-order valence-electron chi connectivity index (χ3n) is 6.62.